The van der Waals surface area contributed by atoms with Crippen molar-refractivity contribution in [3.05, 3.63) is 0 Å². The Morgan fingerprint density at radius 2 is 1.67 bits per heavy atom. The van der Waals surface area contributed by atoms with Crippen LogP contribution < -0.4 is 0 Å². The van der Waals surface area contributed by atoms with Crippen molar-refractivity contribution < 1.29 is 0 Å². The highest BCUT2D eigenvalue weighted by atomic mass is 15.1. The maximum atomic E-state index is 2.37. The van der Waals surface area contributed by atoms with Crippen LogP contribution in [0.5, 0.6) is 0 Å². The first-order valence-corrected chi connectivity index (χ1v) is 5.36. The molecule has 0 heterocycles. The molecule has 74 valence electrons. The standard InChI is InChI=1S/C9H19N.C2H6/c1-8-5-4-6-9(7-8)10(2)3;1-2/h8-9H,4-7H2,1-3H3;1-2H3. The van der Waals surface area contributed by atoms with Crippen molar-refractivity contribution in [2.24, 2.45) is 5.92 Å². The summed E-state index contributed by atoms with van der Waals surface area (Å²) in [5.74, 6) is 0.959. The van der Waals surface area contributed by atoms with Crippen molar-refractivity contribution in [1.82, 2.24) is 4.90 Å². The van der Waals surface area contributed by atoms with E-state index in [1.165, 1.54) is 25.7 Å². The maximum absolute atomic E-state index is 2.37. The van der Waals surface area contributed by atoms with Gasteiger partial charge in [0.05, 0.1) is 0 Å². The monoisotopic (exact) mass is 171 g/mol. The Kier molecular flexibility index (Phi) is 6.45. The minimum absolute atomic E-state index is 0.865. The van der Waals surface area contributed by atoms with Gasteiger partial charge in [-0.2, -0.15) is 0 Å². The molecule has 0 bridgehead atoms. The van der Waals surface area contributed by atoms with E-state index in [2.05, 4.69) is 25.9 Å². The summed E-state index contributed by atoms with van der Waals surface area (Å²) in [5, 5.41) is 0. The summed E-state index contributed by atoms with van der Waals surface area (Å²) in [6.45, 7) is 6.37. The second-order valence-corrected chi connectivity index (χ2v) is 3.89. The van der Waals surface area contributed by atoms with Gasteiger partial charge in [0.25, 0.3) is 0 Å². The molecule has 2 unspecified atom stereocenters. The van der Waals surface area contributed by atoms with E-state index in [1.807, 2.05) is 13.8 Å². The van der Waals surface area contributed by atoms with Gasteiger partial charge in [-0.1, -0.05) is 33.6 Å². The van der Waals surface area contributed by atoms with Gasteiger partial charge in [0.2, 0.25) is 0 Å². The minimum Gasteiger partial charge on any atom is -0.306 e. The quantitative estimate of drug-likeness (QED) is 0.586. The van der Waals surface area contributed by atoms with Gasteiger partial charge in [-0.25, -0.2) is 0 Å². The maximum Gasteiger partial charge on any atom is 0.00917 e. The highest BCUT2D eigenvalue weighted by Gasteiger charge is 2.19. The first-order valence-electron chi connectivity index (χ1n) is 5.36. The van der Waals surface area contributed by atoms with E-state index in [0.717, 1.165) is 12.0 Å². The Bertz CT molecular complexity index is 99.2. The van der Waals surface area contributed by atoms with Crippen molar-refractivity contribution in [2.45, 2.75) is 52.5 Å². The fourth-order valence-electron chi connectivity index (χ4n) is 1.87. The number of hydrogen-bond acceptors (Lipinski definition) is 1. The lowest BCUT2D eigenvalue weighted by Crippen LogP contribution is -2.32. The predicted molar refractivity (Wildman–Crippen MR) is 56.5 cm³/mol. The molecule has 0 aromatic heterocycles. The van der Waals surface area contributed by atoms with E-state index >= 15 is 0 Å². The van der Waals surface area contributed by atoms with Gasteiger partial charge in [-0.15, -0.1) is 0 Å². The first kappa shape index (κ1) is 12.0. The van der Waals surface area contributed by atoms with Gasteiger partial charge in [0, 0.05) is 6.04 Å². The van der Waals surface area contributed by atoms with Crippen molar-refractivity contribution in [1.29, 1.82) is 0 Å². The second kappa shape index (κ2) is 6.47. The van der Waals surface area contributed by atoms with Crippen LogP contribution in [-0.2, 0) is 0 Å². The van der Waals surface area contributed by atoms with E-state index in [4.69, 9.17) is 0 Å². The molecule has 0 amide bonds. The fraction of sp³-hybridized carbons (Fsp3) is 1.00. The first-order chi connectivity index (χ1) is 5.70. The molecule has 0 spiro atoms. The molecule has 1 aliphatic rings. The number of rotatable bonds is 1. The van der Waals surface area contributed by atoms with Gasteiger partial charge >= 0.3 is 0 Å². The van der Waals surface area contributed by atoms with Gasteiger partial charge in [0.15, 0.2) is 0 Å². The van der Waals surface area contributed by atoms with Gasteiger partial charge in [-0.3, -0.25) is 0 Å². The molecular formula is C11H25N. The lowest BCUT2D eigenvalue weighted by Gasteiger charge is -2.31. The minimum atomic E-state index is 0.865. The van der Waals surface area contributed by atoms with E-state index in [1.54, 1.807) is 0 Å². The Hall–Kier alpha value is -0.0400. The van der Waals surface area contributed by atoms with Crippen molar-refractivity contribution >= 4 is 0 Å². The average molecular weight is 171 g/mol. The molecule has 2 atom stereocenters. The lowest BCUT2D eigenvalue weighted by molar-refractivity contribution is 0.193. The van der Waals surface area contributed by atoms with Gasteiger partial charge < -0.3 is 4.90 Å². The molecule has 0 aliphatic heterocycles. The van der Waals surface area contributed by atoms with Gasteiger partial charge in [0.1, 0.15) is 0 Å². The normalized spacial score (nSPS) is 29.5. The Balaban J connectivity index is 0.000000561. The van der Waals surface area contributed by atoms with E-state index < -0.39 is 0 Å². The molecule has 0 radical (unpaired) electrons. The smallest absolute Gasteiger partial charge is 0.00917 e. The SMILES string of the molecule is CC.CC1CCCC(N(C)C)C1. The second-order valence-electron chi connectivity index (χ2n) is 3.89. The van der Waals surface area contributed by atoms with Crippen LogP contribution in [-0.4, -0.2) is 25.0 Å². The molecule has 1 fully saturated rings. The summed E-state index contributed by atoms with van der Waals surface area (Å²) in [7, 11) is 4.39. The van der Waals surface area contributed by atoms with Crippen molar-refractivity contribution in [2.75, 3.05) is 14.1 Å². The van der Waals surface area contributed by atoms with Crippen molar-refractivity contribution in [3.8, 4) is 0 Å². The molecule has 1 rings (SSSR count). The molecule has 0 aromatic rings. The predicted octanol–water partition coefficient (Wildman–Crippen LogP) is 3.15. The third kappa shape index (κ3) is 4.10. The van der Waals surface area contributed by atoms with Crippen LogP contribution in [0.15, 0.2) is 0 Å². The van der Waals surface area contributed by atoms with Crippen LogP contribution in [0.4, 0.5) is 0 Å². The van der Waals surface area contributed by atoms with Crippen LogP contribution in [0.25, 0.3) is 0 Å². The zero-order valence-electron chi connectivity index (χ0n) is 9.43. The summed E-state index contributed by atoms with van der Waals surface area (Å²) in [6, 6.07) is 0.865. The Morgan fingerprint density at radius 1 is 1.08 bits per heavy atom. The van der Waals surface area contributed by atoms with Crippen LogP contribution >= 0.6 is 0 Å². The van der Waals surface area contributed by atoms with Crippen LogP contribution in [0.1, 0.15) is 46.5 Å². The van der Waals surface area contributed by atoms with Crippen LogP contribution in [0.2, 0.25) is 0 Å². The highest BCUT2D eigenvalue weighted by molar-refractivity contribution is 4.74. The van der Waals surface area contributed by atoms with E-state index in [9.17, 15) is 0 Å². The summed E-state index contributed by atoms with van der Waals surface area (Å²) in [4.78, 5) is 2.37. The third-order valence-electron chi connectivity index (χ3n) is 2.64. The highest BCUT2D eigenvalue weighted by Crippen LogP contribution is 2.25. The van der Waals surface area contributed by atoms with Crippen molar-refractivity contribution in [3.63, 3.8) is 0 Å². The molecule has 0 N–H and O–H groups in total. The molecular weight excluding hydrogens is 146 g/mol. The Morgan fingerprint density at radius 3 is 2.00 bits per heavy atom. The molecule has 1 saturated carbocycles. The molecule has 12 heavy (non-hydrogen) atoms. The molecule has 1 heteroatoms. The largest absolute Gasteiger partial charge is 0.306 e. The fourth-order valence-corrected chi connectivity index (χ4v) is 1.87. The van der Waals surface area contributed by atoms with E-state index in [-0.39, 0.29) is 0 Å². The summed E-state index contributed by atoms with van der Waals surface area (Å²) in [6.07, 6.45) is 5.71. The van der Waals surface area contributed by atoms with E-state index in [0.29, 0.717) is 0 Å². The average Bonchev–Trinajstić information content (AvgIpc) is 2.08. The van der Waals surface area contributed by atoms with Crippen LogP contribution in [0, 0.1) is 5.92 Å². The zero-order chi connectivity index (χ0) is 9.56. The third-order valence-corrected chi connectivity index (χ3v) is 2.64. The molecule has 1 nitrogen and oxygen atoms in total. The van der Waals surface area contributed by atoms with Gasteiger partial charge in [-0.05, 0) is 32.9 Å². The Labute approximate surface area is 78.1 Å². The van der Waals surface area contributed by atoms with Crippen LogP contribution in [0.3, 0.4) is 0 Å². The summed E-state index contributed by atoms with van der Waals surface area (Å²) < 4.78 is 0. The number of nitrogens with zero attached hydrogens (tertiary/aromatic N) is 1. The molecule has 0 aromatic carbocycles. The molecule has 0 saturated heterocycles. The lowest BCUT2D eigenvalue weighted by atomic mass is 9.87. The topological polar surface area (TPSA) is 3.24 Å². The number of hydrogen-bond donors (Lipinski definition) is 0. The molecule has 1 aliphatic carbocycles. The summed E-state index contributed by atoms with van der Waals surface area (Å²) >= 11 is 0. The zero-order valence-corrected chi connectivity index (χ0v) is 9.43. The summed E-state index contributed by atoms with van der Waals surface area (Å²) in [5.41, 5.74) is 0.